The van der Waals surface area contributed by atoms with Gasteiger partial charge in [-0.3, -0.25) is 4.57 Å². The Kier molecular flexibility index (Phi) is 11.1. The molecule has 37 heavy (non-hydrogen) atoms. The van der Waals surface area contributed by atoms with Crippen LogP contribution >= 0.6 is 34.8 Å². The first-order valence-corrected chi connectivity index (χ1v) is 13.4. The minimum absolute atomic E-state index is 0.152. The number of fused-ring (bicyclic) bond motifs is 1. The molecule has 200 valence electrons. The van der Waals surface area contributed by atoms with E-state index in [9.17, 15) is 4.79 Å². The Morgan fingerprint density at radius 3 is 2.46 bits per heavy atom. The summed E-state index contributed by atoms with van der Waals surface area (Å²) in [6.07, 6.45) is 6.61. The topological polar surface area (TPSA) is 76.6 Å². The van der Waals surface area contributed by atoms with Crippen molar-refractivity contribution >= 4 is 40.8 Å². The summed E-state index contributed by atoms with van der Waals surface area (Å²) in [5.41, 5.74) is 9.00. The third-order valence-electron chi connectivity index (χ3n) is 6.06. The smallest absolute Gasteiger partial charge is 0.329 e. The second kappa shape index (κ2) is 14.0. The van der Waals surface area contributed by atoms with E-state index in [1.54, 1.807) is 29.4 Å². The normalized spacial score (nSPS) is 16.2. The van der Waals surface area contributed by atoms with Crippen molar-refractivity contribution < 1.29 is 9.53 Å². The predicted molar refractivity (Wildman–Crippen MR) is 151 cm³/mol. The fourth-order valence-corrected chi connectivity index (χ4v) is 5.32. The van der Waals surface area contributed by atoms with Crippen molar-refractivity contribution in [2.75, 3.05) is 40.3 Å². The number of hydrogen-bond donors (Lipinski definition) is 1. The molecule has 1 aliphatic carbocycles. The molecule has 0 saturated carbocycles. The van der Waals surface area contributed by atoms with Crippen LogP contribution in [0, 0.1) is 5.92 Å². The molecule has 1 amide bonds. The van der Waals surface area contributed by atoms with Crippen molar-refractivity contribution in [2.45, 2.75) is 25.8 Å². The first kappa shape index (κ1) is 29.3. The highest BCUT2D eigenvalue weighted by atomic mass is 35.5. The van der Waals surface area contributed by atoms with Gasteiger partial charge in [0, 0.05) is 36.5 Å². The average Bonchev–Trinajstić information content (AvgIpc) is 3.49. The zero-order chi connectivity index (χ0) is 26.9. The number of aromatic nitrogens is 2. The molecule has 0 aliphatic heterocycles. The average molecular weight is 567 g/mol. The van der Waals surface area contributed by atoms with Gasteiger partial charge in [0.1, 0.15) is 12.9 Å². The standard InChI is InChI=1S/C15H16Cl3N3O2.C12H18N2/c1-2-4-20(15(22)21-5-3-19-10-21)6-7-23-14-12(17)8-11(16)9-13(14)18;1-14(2)8-10-7-9-5-3-4-6-11(9)12(10)13/h3,5,8-10H,2,4,6-7H2,1H3;3-6,10,12H,7-8,13H2,1-2H3/t;10-,12+/m.0/s1. The lowest BCUT2D eigenvalue weighted by Gasteiger charge is -2.22. The van der Waals surface area contributed by atoms with Crippen LogP contribution < -0.4 is 10.5 Å². The molecule has 2 N–H and O–H groups in total. The first-order chi connectivity index (χ1) is 17.7. The van der Waals surface area contributed by atoms with Gasteiger partial charge in [-0.2, -0.15) is 0 Å². The molecule has 1 aliphatic rings. The summed E-state index contributed by atoms with van der Waals surface area (Å²) in [7, 11) is 4.21. The van der Waals surface area contributed by atoms with E-state index in [0.717, 1.165) is 19.4 Å². The Labute approximate surface area is 234 Å². The molecule has 0 radical (unpaired) electrons. The van der Waals surface area contributed by atoms with Crippen LogP contribution in [0.15, 0.2) is 55.1 Å². The molecule has 4 rings (SSSR count). The quantitative estimate of drug-likeness (QED) is 0.361. The molecule has 0 unspecified atom stereocenters. The summed E-state index contributed by atoms with van der Waals surface area (Å²) in [6, 6.07) is 11.7. The lowest BCUT2D eigenvalue weighted by atomic mass is 10.0. The maximum atomic E-state index is 12.3. The van der Waals surface area contributed by atoms with Crippen LogP contribution in [0.2, 0.25) is 15.1 Å². The van der Waals surface area contributed by atoms with Crippen LogP contribution in [-0.2, 0) is 6.42 Å². The number of nitrogens with two attached hydrogens (primary N) is 1. The van der Waals surface area contributed by atoms with E-state index >= 15 is 0 Å². The molecule has 0 fully saturated rings. The highest BCUT2D eigenvalue weighted by Gasteiger charge is 2.29. The molecule has 3 aromatic rings. The summed E-state index contributed by atoms with van der Waals surface area (Å²) in [5.74, 6) is 0.951. The fourth-order valence-electron chi connectivity index (χ4n) is 4.39. The Hall–Kier alpha value is -2.29. The van der Waals surface area contributed by atoms with Gasteiger partial charge in [0.15, 0.2) is 5.75 Å². The summed E-state index contributed by atoms with van der Waals surface area (Å²) in [5, 5.41) is 1.12. The van der Waals surface area contributed by atoms with Crippen molar-refractivity contribution in [3.05, 3.63) is 81.3 Å². The van der Waals surface area contributed by atoms with Gasteiger partial charge in [-0.15, -0.1) is 0 Å². The summed E-state index contributed by atoms with van der Waals surface area (Å²) in [6.45, 7) is 4.36. The molecule has 0 spiro atoms. The van der Waals surface area contributed by atoms with E-state index in [2.05, 4.69) is 48.2 Å². The van der Waals surface area contributed by atoms with Crippen molar-refractivity contribution in [3.8, 4) is 5.75 Å². The number of carbonyl (C=O) groups is 1. The molecule has 10 heteroatoms. The van der Waals surface area contributed by atoms with E-state index in [1.807, 2.05) is 6.92 Å². The summed E-state index contributed by atoms with van der Waals surface area (Å²) < 4.78 is 7.05. The highest BCUT2D eigenvalue weighted by molar-refractivity contribution is 6.40. The number of rotatable bonds is 8. The van der Waals surface area contributed by atoms with Crippen LogP contribution in [0.3, 0.4) is 0 Å². The fraction of sp³-hybridized carbons (Fsp3) is 0.407. The van der Waals surface area contributed by atoms with Gasteiger partial charge < -0.3 is 20.3 Å². The maximum Gasteiger partial charge on any atom is 0.329 e. The lowest BCUT2D eigenvalue weighted by molar-refractivity contribution is 0.184. The SMILES string of the molecule is CCCN(CCOc1c(Cl)cc(Cl)cc1Cl)C(=O)n1ccnc1.CN(C)C[C@@H]1Cc2ccccc2[C@@H]1N. The maximum absolute atomic E-state index is 12.3. The van der Waals surface area contributed by atoms with E-state index in [4.69, 9.17) is 45.3 Å². The molecule has 2 atom stereocenters. The number of hydrogen-bond acceptors (Lipinski definition) is 5. The van der Waals surface area contributed by atoms with Gasteiger partial charge >= 0.3 is 6.03 Å². The van der Waals surface area contributed by atoms with Gasteiger partial charge in [0.2, 0.25) is 0 Å². The van der Waals surface area contributed by atoms with E-state index in [0.29, 0.717) is 39.8 Å². The molecular formula is C27H34Cl3N5O2. The number of benzene rings is 2. The summed E-state index contributed by atoms with van der Waals surface area (Å²) >= 11 is 18.0. The minimum atomic E-state index is -0.152. The Morgan fingerprint density at radius 2 is 1.86 bits per heavy atom. The molecule has 7 nitrogen and oxygen atoms in total. The highest BCUT2D eigenvalue weighted by Crippen LogP contribution is 2.36. The van der Waals surface area contributed by atoms with Gasteiger partial charge in [-0.25, -0.2) is 9.78 Å². The summed E-state index contributed by atoms with van der Waals surface area (Å²) in [4.78, 5) is 20.1. The lowest BCUT2D eigenvalue weighted by Crippen LogP contribution is -2.37. The molecule has 1 aromatic heterocycles. The number of carbonyl (C=O) groups excluding carboxylic acids is 1. The molecular weight excluding hydrogens is 533 g/mol. The Morgan fingerprint density at radius 1 is 1.16 bits per heavy atom. The number of nitrogens with zero attached hydrogens (tertiary/aromatic N) is 4. The van der Waals surface area contributed by atoms with Gasteiger partial charge in [-0.1, -0.05) is 66.0 Å². The van der Waals surface area contributed by atoms with Gasteiger partial charge in [0.25, 0.3) is 0 Å². The first-order valence-electron chi connectivity index (χ1n) is 12.2. The van der Waals surface area contributed by atoms with E-state index in [-0.39, 0.29) is 18.7 Å². The third-order valence-corrected chi connectivity index (χ3v) is 6.84. The number of halogens is 3. The second-order valence-electron chi connectivity index (χ2n) is 9.24. The molecule has 2 aromatic carbocycles. The van der Waals surface area contributed by atoms with Crippen LogP contribution in [0.4, 0.5) is 4.79 Å². The zero-order valence-electron chi connectivity index (χ0n) is 21.4. The molecule has 0 saturated heterocycles. The van der Waals surface area contributed by atoms with Gasteiger partial charge in [-0.05, 0) is 56.1 Å². The molecule has 0 bridgehead atoms. The van der Waals surface area contributed by atoms with Crippen molar-refractivity contribution in [1.29, 1.82) is 0 Å². The molecule has 1 heterocycles. The van der Waals surface area contributed by atoms with Crippen LogP contribution in [0.5, 0.6) is 5.75 Å². The van der Waals surface area contributed by atoms with Crippen LogP contribution in [0.1, 0.15) is 30.5 Å². The zero-order valence-corrected chi connectivity index (χ0v) is 23.7. The monoisotopic (exact) mass is 565 g/mol. The van der Waals surface area contributed by atoms with Crippen LogP contribution in [0.25, 0.3) is 0 Å². The third kappa shape index (κ3) is 8.09. The number of imidazole rings is 1. The number of ether oxygens (including phenoxy) is 1. The van der Waals surface area contributed by atoms with E-state index in [1.165, 1.54) is 22.0 Å². The minimum Gasteiger partial charge on any atom is -0.489 e. The largest absolute Gasteiger partial charge is 0.489 e. The van der Waals surface area contributed by atoms with Crippen molar-refractivity contribution in [1.82, 2.24) is 19.4 Å². The van der Waals surface area contributed by atoms with Crippen molar-refractivity contribution in [2.24, 2.45) is 11.7 Å². The number of amides is 1. The van der Waals surface area contributed by atoms with Crippen molar-refractivity contribution in [3.63, 3.8) is 0 Å². The second-order valence-corrected chi connectivity index (χ2v) is 10.5. The van der Waals surface area contributed by atoms with Crippen LogP contribution in [-0.4, -0.2) is 65.7 Å². The predicted octanol–water partition coefficient (Wildman–Crippen LogP) is 6.02. The Bertz CT molecular complexity index is 1130. The van der Waals surface area contributed by atoms with Gasteiger partial charge in [0.05, 0.1) is 16.6 Å². The Balaban J connectivity index is 0.000000231. The van der Waals surface area contributed by atoms with E-state index < -0.39 is 0 Å².